The molecule has 2 aromatic heterocycles. The van der Waals surface area contributed by atoms with Crippen LogP contribution in [0.3, 0.4) is 0 Å². The molecule has 0 radical (unpaired) electrons. The minimum absolute atomic E-state index is 0.0986. The first-order valence-corrected chi connectivity index (χ1v) is 20.2. The summed E-state index contributed by atoms with van der Waals surface area (Å²) >= 11 is 0. The third-order valence-electron chi connectivity index (χ3n) is 11.7. The van der Waals surface area contributed by atoms with Gasteiger partial charge in [-0.3, -0.25) is 34.2 Å². The van der Waals surface area contributed by atoms with Gasteiger partial charge in [0.1, 0.15) is 6.61 Å². The Morgan fingerprint density at radius 2 is 1.67 bits per heavy atom. The molecule has 5 amide bonds. The van der Waals surface area contributed by atoms with E-state index in [1.165, 1.54) is 4.90 Å². The molecule has 2 aliphatic heterocycles. The molecule has 3 fully saturated rings. The average molecular weight is 840 g/mol. The number of piperazine rings is 1. The lowest BCUT2D eigenvalue weighted by Crippen LogP contribution is -2.50. The van der Waals surface area contributed by atoms with Crippen LogP contribution >= 0.6 is 0 Å². The Kier molecular flexibility index (Phi) is 11.9. The standard InChI is InChI=1S/C43H44F3N9O6/c1-25-2-5-28(19-35(25)54-11-10-36(56)50-43(54)60)41(59)53-14-12-52(13-15-53)16-17-61-42-48-22-30(23-49-42)27-6-7-29-24-55(51-34(29)18-27)31-8-3-26(4-9-31)21-47-40(58)32-20-33(44)39(57)38(46)37(32)45/h2,5-7,18-20,22-24,26,31,57H,3-4,8-17,21H2,1H3,(H,47,58)(H,50,56,60). The molecular formula is C43H44F3N9O6. The highest BCUT2D eigenvalue weighted by molar-refractivity contribution is 6.06. The molecule has 1 aliphatic carbocycles. The van der Waals surface area contributed by atoms with Gasteiger partial charge in [0.25, 0.3) is 11.8 Å². The van der Waals surface area contributed by atoms with Gasteiger partial charge in [0.05, 0.1) is 17.1 Å². The Hall–Kier alpha value is -6.56. The highest BCUT2D eigenvalue weighted by atomic mass is 19.2. The number of hydrogen-bond acceptors (Lipinski definition) is 10. The first kappa shape index (κ1) is 41.2. The van der Waals surface area contributed by atoms with Crippen LogP contribution in [0.4, 0.5) is 23.7 Å². The predicted octanol–water partition coefficient (Wildman–Crippen LogP) is 5.37. The SMILES string of the molecule is Cc1ccc(C(=O)N2CCN(CCOc3ncc(-c4ccc5cn(C6CCC(CNC(=O)c7cc(F)c(O)c(F)c7F)CC6)nc5c4)cn3)CC2)cc1N1CCC(=O)NC1=O. The number of halogens is 3. The van der Waals surface area contributed by atoms with Crippen LogP contribution in [0.2, 0.25) is 0 Å². The minimum Gasteiger partial charge on any atom is -0.503 e. The van der Waals surface area contributed by atoms with Gasteiger partial charge in [-0.25, -0.2) is 23.5 Å². The third kappa shape index (κ3) is 8.99. The summed E-state index contributed by atoms with van der Waals surface area (Å²) in [4.78, 5) is 64.3. The maximum Gasteiger partial charge on any atom is 0.328 e. The molecule has 18 heteroatoms. The Labute approximate surface area is 348 Å². The molecule has 61 heavy (non-hydrogen) atoms. The number of benzene rings is 3. The number of nitrogens with zero attached hydrogens (tertiary/aromatic N) is 7. The van der Waals surface area contributed by atoms with E-state index in [2.05, 4.69) is 25.5 Å². The molecule has 8 rings (SSSR count). The molecule has 4 heterocycles. The van der Waals surface area contributed by atoms with Crippen molar-refractivity contribution in [3.8, 4) is 22.9 Å². The number of phenols is 1. The van der Waals surface area contributed by atoms with Crippen molar-refractivity contribution in [3.63, 3.8) is 0 Å². The molecule has 0 unspecified atom stereocenters. The molecule has 3 aromatic carbocycles. The molecule has 318 valence electrons. The number of amides is 5. The fourth-order valence-corrected chi connectivity index (χ4v) is 8.09. The van der Waals surface area contributed by atoms with Gasteiger partial charge in [-0.1, -0.05) is 18.2 Å². The van der Waals surface area contributed by atoms with Gasteiger partial charge in [0.2, 0.25) is 11.7 Å². The van der Waals surface area contributed by atoms with Crippen LogP contribution in [0.25, 0.3) is 22.0 Å². The van der Waals surface area contributed by atoms with E-state index >= 15 is 0 Å². The molecule has 1 saturated carbocycles. The molecule has 15 nitrogen and oxygen atoms in total. The van der Waals surface area contributed by atoms with Gasteiger partial charge in [-0.05, 0) is 73.9 Å². The predicted molar refractivity (Wildman–Crippen MR) is 217 cm³/mol. The van der Waals surface area contributed by atoms with Gasteiger partial charge < -0.3 is 20.1 Å². The van der Waals surface area contributed by atoms with Crippen molar-refractivity contribution in [2.75, 3.05) is 57.3 Å². The topological polar surface area (TPSA) is 175 Å². The van der Waals surface area contributed by atoms with Crippen LogP contribution in [0, 0.1) is 30.3 Å². The summed E-state index contributed by atoms with van der Waals surface area (Å²) in [5.41, 5.74) is 3.68. The van der Waals surface area contributed by atoms with Crippen LogP contribution in [0.5, 0.6) is 11.8 Å². The van der Waals surface area contributed by atoms with Crippen molar-refractivity contribution in [2.24, 2.45) is 5.92 Å². The minimum atomic E-state index is -1.79. The van der Waals surface area contributed by atoms with Crippen LogP contribution in [0.1, 0.15) is 64.4 Å². The number of nitrogens with one attached hydrogen (secondary N) is 2. The number of imide groups is 1. The van der Waals surface area contributed by atoms with E-state index in [0.717, 1.165) is 53.3 Å². The third-order valence-corrected chi connectivity index (χ3v) is 11.7. The van der Waals surface area contributed by atoms with Crippen molar-refractivity contribution in [3.05, 3.63) is 95.2 Å². The number of aromatic hydroxyl groups is 1. The molecule has 5 aromatic rings. The zero-order valence-corrected chi connectivity index (χ0v) is 33.4. The summed E-state index contributed by atoms with van der Waals surface area (Å²) in [6.45, 7) is 5.78. The first-order chi connectivity index (χ1) is 29.4. The molecule has 3 aliphatic rings. The number of anilines is 1. The molecule has 0 bridgehead atoms. The second-order valence-corrected chi connectivity index (χ2v) is 15.6. The van der Waals surface area contributed by atoms with Gasteiger partial charge in [0, 0.05) is 93.0 Å². The smallest absolute Gasteiger partial charge is 0.328 e. The number of aromatic nitrogens is 4. The van der Waals surface area contributed by atoms with Gasteiger partial charge in [0.15, 0.2) is 17.4 Å². The Bertz CT molecular complexity index is 2480. The highest BCUT2D eigenvalue weighted by Gasteiger charge is 2.29. The average Bonchev–Trinajstić information content (AvgIpc) is 3.71. The number of aryl methyl sites for hydroxylation is 1. The number of fused-ring (bicyclic) bond motifs is 1. The normalized spacial score (nSPS) is 18.6. The lowest BCUT2D eigenvalue weighted by molar-refractivity contribution is -0.120. The molecule has 0 spiro atoms. The summed E-state index contributed by atoms with van der Waals surface area (Å²) in [7, 11) is 0. The van der Waals surface area contributed by atoms with Gasteiger partial charge >= 0.3 is 12.0 Å². The van der Waals surface area contributed by atoms with Crippen LogP contribution in [0.15, 0.2) is 61.1 Å². The number of ether oxygens (including phenoxy) is 1. The quantitative estimate of drug-likeness (QED) is 0.147. The fraction of sp³-hybridized carbons (Fsp3) is 0.372. The molecule has 2 saturated heterocycles. The monoisotopic (exact) mass is 839 g/mol. The summed E-state index contributed by atoms with van der Waals surface area (Å²) in [6.07, 6.45) is 8.76. The molecule has 0 atom stereocenters. The van der Waals surface area contributed by atoms with Crippen molar-refractivity contribution in [1.82, 2.24) is 40.2 Å². The van der Waals surface area contributed by atoms with Gasteiger partial charge in [-0.15, -0.1) is 0 Å². The highest BCUT2D eigenvalue weighted by Crippen LogP contribution is 2.34. The number of phenolic OH excluding ortho intramolecular Hbond substituents is 1. The largest absolute Gasteiger partial charge is 0.503 e. The van der Waals surface area contributed by atoms with E-state index in [1.54, 1.807) is 29.4 Å². The zero-order valence-electron chi connectivity index (χ0n) is 33.4. The lowest BCUT2D eigenvalue weighted by Gasteiger charge is -2.35. The van der Waals surface area contributed by atoms with Crippen LogP contribution in [-0.2, 0) is 4.79 Å². The summed E-state index contributed by atoms with van der Waals surface area (Å²) in [5.74, 6) is -7.51. The Morgan fingerprint density at radius 1 is 0.918 bits per heavy atom. The summed E-state index contributed by atoms with van der Waals surface area (Å²) in [5, 5.41) is 20.0. The van der Waals surface area contributed by atoms with E-state index < -0.39 is 40.7 Å². The first-order valence-electron chi connectivity index (χ1n) is 20.2. The maximum atomic E-state index is 14.1. The van der Waals surface area contributed by atoms with Crippen molar-refractivity contribution in [2.45, 2.75) is 45.1 Å². The molecular weight excluding hydrogens is 796 g/mol. The maximum absolute atomic E-state index is 14.1. The number of urea groups is 1. The van der Waals surface area contributed by atoms with E-state index in [1.807, 2.05) is 42.1 Å². The van der Waals surface area contributed by atoms with Gasteiger partial charge in [-0.2, -0.15) is 9.49 Å². The van der Waals surface area contributed by atoms with Crippen LogP contribution in [-0.4, -0.2) is 111 Å². The second kappa shape index (κ2) is 17.6. The van der Waals surface area contributed by atoms with E-state index in [4.69, 9.17) is 9.84 Å². The lowest BCUT2D eigenvalue weighted by atomic mass is 9.86. The summed E-state index contributed by atoms with van der Waals surface area (Å²) in [6, 6.07) is 11.7. The van der Waals surface area contributed by atoms with Crippen molar-refractivity contribution >= 4 is 40.3 Å². The van der Waals surface area contributed by atoms with Crippen molar-refractivity contribution in [1.29, 1.82) is 0 Å². The van der Waals surface area contributed by atoms with Crippen LogP contribution < -0.4 is 20.3 Å². The Morgan fingerprint density at radius 3 is 2.41 bits per heavy atom. The number of carbonyl (C=O) groups is 4. The van der Waals surface area contributed by atoms with Crippen molar-refractivity contribution < 1.29 is 42.2 Å². The number of rotatable bonds is 11. The molecule has 3 N–H and O–H groups in total. The fourth-order valence-electron chi connectivity index (χ4n) is 8.09. The zero-order chi connectivity index (χ0) is 42.8. The summed E-state index contributed by atoms with van der Waals surface area (Å²) < 4.78 is 49.4. The number of hydrogen-bond donors (Lipinski definition) is 3. The number of carbonyl (C=O) groups excluding carboxylic acids is 4. The second-order valence-electron chi connectivity index (χ2n) is 15.6. The van der Waals surface area contributed by atoms with E-state index in [9.17, 15) is 37.5 Å². The van der Waals surface area contributed by atoms with E-state index in [0.29, 0.717) is 56.6 Å². The Balaban J connectivity index is 0.777. The van der Waals surface area contributed by atoms with E-state index in [-0.39, 0.29) is 49.3 Å².